The molecule has 0 unspecified atom stereocenters. The zero-order valence-corrected chi connectivity index (χ0v) is 11.7. The normalized spacial score (nSPS) is 11.5. The van der Waals surface area contributed by atoms with Crippen molar-refractivity contribution < 1.29 is 13.2 Å². The highest BCUT2D eigenvalue weighted by Gasteiger charge is 2.14. The topological polar surface area (TPSA) is 119 Å². The number of para-hydroxylation sites is 1. The number of nitrogens with zero attached hydrogens (tertiary/aromatic N) is 1. The third-order valence-corrected chi connectivity index (χ3v) is 4.44. The van der Waals surface area contributed by atoms with Gasteiger partial charge in [0.15, 0.2) is 0 Å². The Labute approximate surface area is 112 Å². The Morgan fingerprint density at radius 3 is 2.53 bits per heavy atom. The number of primary amides is 1. The fourth-order valence-electron chi connectivity index (χ4n) is 1.43. The third-order valence-electron chi connectivity index (χ3n) is 2.60. The monoisotopic (exact) mass is 286 g/mol. The molecule has 0 aliphatic carbocycles. The van der Waals surface area contributed by atoms with Crippen LogP contribution in [0, 0.1) is 0 Å². The second-order valence-corrected chi connectivity index (χ2v) is 6.46. The second kappa shape index (κ2) is 5.89. The fraction of sp³-hybridized carbons (Fsp3) is 0.364. The third kappa shape index (κ3) is 3.83. The first-order valence-corrected chi connectivity index (χ1v) is 7.19. The molecule has 0 saturated heterocycles. The number of nitrogen functional groups attached to an aromatic ring is 1. The number of nitrogens with one attached hydrogen (secondary N) is 1. The molecular formula is C11H18N4O3S. The van der Waals surface area contributed by atoms with E-state index in [-0.39, 0.29) is 23.5 Å². The summed E-state index contributed by atoms with van der Waals surface area (Å²) in [6, 6.07) is 4.79. The zero-order chi connectivity index (χ0) is 14.6. The average molecular weight is 286 g/mol. The summed E-state index contributed by atoms with van der Waals surface area (Å²) >= 11 is 0. The summed E-state index contributed by atoms with van der Waals surface area (Å²) in [7, 11) is -0.330. The van der Waals surface area contributed by atoms with E-state index in [1.54, 1.807) is 12.1 Å². The Balaban J connectivity index is 2.75. The predicted octanol–water partition coefficient (Wildman–Crippen LogP) is -0.329. The Morgan fingerprint density at radius 2 is 2.00 bits per heavy atom. The van der Waals surface area contributed by atoms with Gasteiger partial charge < -0.3 is 16.8 Å². The Bertz CT molecular complexity index is 569. The number of anilines is 2. The van der Waals surface area contributed by atoms with E-state index in [0.717, 1.165) is 4.31 Å². The van der Waals surface area contributed by atoms with E-state index in [0.29, 0.717) is 5.69 Å². The van der Waals surface area contributed by atoms with Crippen molar-refractivity contribution >= 4 is 27.3 Å². The molecule has 0 bridgehead atoms. The summed E-state index contributed by atoms with van der Waals surface area (Å²) in [6.45, 7) is 0.187. The van der Waals surface area contributed by atoms with Crippen molar-refractivity contribution in [3.8, 4) is 0 Å². The molecule has 106 valence electrons. The molecule has 0 spiro atoms. The first kappa shape index (κ1) is 15.3. The van der Waals surface area contributed by atoms with Crippen LogP contribution in [0.1, 0.15) is 10.4 Å². The number of hydrogen-bond donors (Lipinski definition) is 3. The standard InChI is InChI=1S/C11H18N4O3S/c1-15(2)19(17,18)7-6-14-9-5-3-4-8(10(9)12)11(13)16/h3-5,14H,6-7,12H2,1-2H3,(H2,13,16). The molecule has 1 rings (SSSR count). The fourth-order valence-corrected chi connectivity index (χ4v) is 2.16. The maximum Gasteiger partial charge on any atom is 0.250 e. The van der Waals surface area contributed by atoms with Gasteiger partial charge in [-0.05, 0) is 12.1 Å². The largest absolute Gasteiger partial charge is 0.396 e. The van der Waals surface area contributed by atoms with Crippen molar-refractivity contribution in [2.75, 3.05) is 37.4 Å². The molecule has 0 atom stereocenters. The van der Waals surface area contributed by atoms with Crippen LogP contribution in [-0.4, -0.2) is 45.0 Å². The van der Waals surface area contributed by atoms with Crippen molar-refractivity contribution in [1.29, 1.82) is 0 Å². The molecule has 0 fully saturated rings. The molecule has 1 amide bonds. The average Bonchev–Trinajstić information content (AvgIpc) is 2.30. The molecule has 0 aromatic heterocycles. The second-order valence-electron chi connectivity index (χ2n) is 4.16. The van der Waals surface area contributed by atoms with Gasteiger partial charge >= 0.3 is 0 Å². The lowest BCUT2D eigenvalue weighted by Crippen LogP contribution is -2.28. The lowest BCUT2D eigenvalue weighted by molar-refractivity contribution is 0.100. The highest BCUT2D eigenvalue weighted by atomic mass is 32.2. The maximum absolute atomic E-state index is 11.6. The van der Waals surface area contributed by atoms with E-state index >= 15 is 0 Å². The minimum atomic E-state index is -3.27. The van der Waals surface area contributed by atoms with Gasteiger partial charge in [0, 0.05) is 20.6 Å². The molecule has 0 radical (unpaired) electrons. The van der Waals surface area contributed by atoms with E-state index in [1.165, 1.54) is 20.2 Å². The quantitative estimate of drug-likeness (QED) is 0.619. The van der Waals surface area contributed by atoms with E-state index in [4.69, 9.17) is 11.5 Å². The zero-order valence-electron chi connectivity index (χ0n) is 10.9. The molecule has 5 N–H and O–H groups in total. The highest BCUT2D eigenvalue weighted by molar-refractivity contribution is 7.89. The van der Waals surface area contributed by atoms with E-state index in [1.807, 2.05) is 0 Å². The molecule has 1 aromatic carbocycles. The minimum Gasteiger partial charge on any atom is -0.396 e. The molecule has 8 heteroatoms. The lowest BCUT2D eigenvalue weighted by atomic mass is 10.1. The number of hydrogen-bond acceptors (Lipinski definition) is 5. The number of carbonyl (C=O) groups excluding carboxylic acids is 1. The van der Waals surface area contributed by atoms with Crippen LogP contribution >= 0.6 is 0 Å². The summed E-state index contributed by atoms with van der Waals surface area (Å²) in [5.41, 5.74) is 11.9. The number of carbonyl (C=O) groups is 1. The molecule has 0 aliphatic rings. The van der Waals surface area contributed by atoms with Crippen LogP contribution in [0.15, 0.2) is 18.2 Å². The van der Waals surface area contributed by atoms with Gasteiger partial charge in [0.2, 0.25) is 10.0 Å². The Morgan fingerprint density at radius 1 is 1.37 bits per heavy atom. The molecule has 0 aliphatic heterocycles. The van der Waals surface area contributed by atoms with Crippen LogP contribution in [0.3, 0.4) is 0 Å². The lowest BCUT2D eigenvalue weighted by Gasteiger charge is -2.14. The summed E-state index contributed by atoms with van der Waals surface area (Å²) in [5, 5.41) is 2.88. The minimum absolute atomic E-state index is 0.0692. The van der Waals surface area contributed by atoms with Crippen LogP contribution in [0.25, 0.3) is 0 Å². The summed E-state index contributed by atoms with van der Waals surface area (Å²) in [6.07, 6.45) is 0. The predicted molar refractivity (Wildman–Crippen MR) is 75.3 cm³/mol. The van der Waals surface area contributed by atoms with Crippen molar-refractivity contribution in [3.05, 3.63) is 23.8 Å². The molecule has 7 nitrogen and oxygen atoms in total. The van der Waals surface area contributed by atoms with Gasteiger partial charge in [0.05, 0.1) is 22.7 Å². The number of rotatable bonds is 6. The molecule has 1 aromatic rings. The Hall–Kier alpha value is -1.80. The summed E-state index contributed by atoms with van der Waals surface area (Å²) in [4.78, 5) is 11.1. The molecule has 19 heavy (non-hydrogen) atoms. The van der Waals surface area contributed by atoms with Gasteiger partial charge in [-0.25, -0.2) is 12.7 Å². The number of nitrogens with two attached hydrogens (primary N) is 2. The van der Waals surface area contributed by atoms with E-state index < -0.39 is 15.9 Å². The van der Waals surface area contributed by atoms with Crippen LogP contribution in [-0.2, 0) is 10.0 Å². The summed E-state index contributed by atoms with van der Waals surface area (Å²) < 4.78 is 24.3. The smallest absolute Gasteiger partial charge is 0.250 e. The molecule has 0 saturated carbocycles. The van der Waals surface area contributed by atoms with Crippen molar-refractivity contribution in [3.63, 3.8) is 0 Å². The molecule has 0 heterocycles. The SMILES string of the molecule is CN(C)S(=O)(=O)CCNc1cccc(C(N)=O)c1N. The summed E-state index contributed by atoms with van der Waals surface area (Å²) in [5.74, 6) is -0.692. The van der Waals surface area contributed by atoms with Gasteiger partial charge in [-0.2, -0.15) is 0 Å². The van der Waals surface area contributed by atoms with Crippen LogP contribution in [0.4, 0.5) is 11.4 Å². The molecular weight excluding hydrogens is 268 g/mol. The number of benzene rings is 1. The highest BCUT2D eigenvalue weighted by Crippen LogP contribution is 2.22. The van der Waals surface area contributed by atoms with Crippen LogP contribution in [0.2, 0.25) is 0 Å². The first-order chi connectivity index (χ1) is 8.75. The van der Waals surface area contributed by atoms with E-state index in [9.17, 15) is 13.2 Å². The van der Waals surface area contributed by atoms with Gasteiger partial charge in [-0.1, -0.05) is 6.07 Å². The van der Waals surface area contributed by atoms with Crippen LogP contribution < -0.4 is 16.8 Å². The van der Waals surface area contributed by atoms with Gasteiger partial charge in [-0.3, -0.25) is 4.79 Å². The Kier molecular flexibility index (Phi) is 4.73. The van der Waals surface area contributed by atoms with Gasteiger partial charge in [0.1, 0.15) is 0 Å². The maximum atomic E-state index is 11.6. The van der Waals surface area contributed by atoms with Gasteiger partial charge in [0.25, 0.3) is 5.91 Å². The van der Waals surface area contributed by atoms with E-state index in [2.05, 4.69) is 5.32 Å². The van der Waals surface area contributed by atoms with Crippen molar-refractivity contribution in [1.82, 2.24) is 4.31 Å². The first-order valence-electron chi connectivity index (χ1n) is 5.58. The number of amides is 1. The van der Waals surface area contributed by atoms with Crippen molar-refractivity contribution in [2.45, 2.75) is 0 Å². The number of sulfonamides is 1. The van der Waals surface area contributed by atoms with Gasteiger partial charge in [-0.15, -0.1) is 0 Å². The van der Waals surface area contributed by atoms with Crippen LogP contribution in [0.5, 0.6) is 0 Å². The van der Waals surface area contributed by atoms with Crippen molar-refractivity contribution in [2.24, 2.45) is 5.73 Å².